The maximum absolute atomic E-state index is 12.1. The molecule has 0 rings (SSSR count). The molecule has 0 spiro atoms. The predicted octanol–water partition coefficient (Wildman–Crippen LogP) is 1.11. The van der Waals surface area contributed by atoms with Gasteiger partial charge in [-0.15, -0.1) is 0 Å². The molecule has 0 aliphatic rings. The lowest BCUT2D eigenvalue weighted by Gasteiger charge is -2.18. The Kier molecular flexibility index (Phi) is 10.1. The number of carbonyl (C=O) groups is 3. The van der Waals surface area contributed by atoms with Crippen molar-refractivity contribution in [2.75, 3.05) is 20.1 Å². The van der Waals surface area contributed by atoms with Crippen molar-refractivity contribution in [2.24, 2.45) is 5.92 Å². The first kappa shape index (κ1) is 18.9. The average molecular weight is 284 g/mol. The van der Waals surface area contributed by atoms with E-state index in [1.807, 2.05) is 14.0 Å². The Morgan fingerprint density at radius 2 is 1.75 bits per heavy atom. The third-order valence-electron chi connectivity index (χ3n) is 3.49. The van der Waals surface area contributed by atoms with Crippen molar-refractivity contribution in [3.63, 3.8) is 0 Å². The lowest BCUT2D eigenvalue weighted by atomic mass is 9.94. The Labute approximate surface area is 121 Å². The third kappa shape index (κ3) is 8.17. The molecule has 0 saturated carbocycles. The van der Waals surface area contributed by atoms with Gasteiger partial charge in [0, 0.05) is 12.3 Å². The van der Waals surface area contributed by atoms with Crippen LogP contribution in [0.25, 0.3) is 0 Å². The van der Waals surface area contributed by atoms with Crippen molar-refractivity contribution in [2.45, 2.75) is 52.5 Å². The van der Waals surface area contributed by atoms with Crippen LogP contribution in [0.5, 0.6) is 0 Å². The van der Waals surface area contributed by atoms with Crippen molar-refractivity contribution >= 4 is 17.3 Å². The summed E-state index contributed by atoms with van der Waals surface area (Å²) in [5.74, 6) is 0.150. The number of hydrogen-bond acceptors (Lipinski definition) is 5. The van der Waals surface area contributed by atoms with E-state index >= 15 is 0 Å². The summed E-state index contributed by atoms with van der Waals surface area (Å²) in [7, 11) is 1.83. The maximum atomic E-state index is 12.1. The fraction of sp³-hybridized carbons (Fsp3) is 0.800. The monoisotopic (exact) mass is 284 g/mol. The summed E-state index contributed by atoms with van der Waals surface area (Å²) in [6, 6.07) is -0.281. The molecule has 0 saturated heterocycles. The smallest absolute Gasteiger partial charge is 0.149 e. The number of carbonyl (C=O) groups excluding carboxylic acids is 3. The summed E-state index contributed by atoms with van der Waals surface area (Å²) < 4.78 is 0. The van der Waals surface area contributed by atoms with E-state index in [0.29, 0.717) is 19.3 Å². The molecule has 0 fully saturated rings. The van der Waals surface area contributed by atoms with Crippen LogP contribution in [0.3, 0.4) is 0 Å². The highest BCUT2D eigenvalue weighted by atomic mass is 16.1. The minimum Gasteiger partial charge on any atom is -0.320 e. The highest BCUT2D eigenvalue weighted by Crippen LogP contribution is 2.12. The molecule has 0 amide bonds. The lowest BCUT2D eigenvalue weighted by molar-refractivity contribution is -0.123. The van der Waals surface area contributed by atoms with Gasteiger partial charge >= 0.3 is 0 Å². The van der Waals surface area contributed by atoms with Gasteiger partial charge in [-0.05, 0) is 46.7 Å². The van der Waals surface area contributed by atoms with Gasteiger partial charge in [-0.25, -0.2) is 0 Å². The maximum Gasteiger partial charge on any atom is 0.149 e. The van der Waals surface area contributed by atoms with Crippen molar-refractivity contribution in [1.29, 1.82) is 0 Å². The minimum absolute atomic E-state index is 0.0461. The van der Waals surface area contributed by atoms with Crippen molar-refractivity contribution in [1.82, 2.24) is 10.6 Å². The van der Waals surface area contributed by atoms with Crippen LogP contribution >= 0.6 is 0 Å². The molecule has 0 aliphatic carbocycles. The van der Waals surface area contributed by atoms with Gasteiger partial charge in [0.2, 0.25) is 0 Å². The molecule has 5 heteroatoms. The van der Waals surface area contributed by atoms with Crippen LogP contribution in [-0.4, -0.2) is 43.5 Å². The first-order chi connectivity index (χ1) is 9.42. The molecule has 0 aromatic rings. The molecule has 20 heavy (non-hydrogen) atoms. The van der Waals surface area contributed by atoms with E-state index in [0.717, 1.165) is 13.0 Å². The molecule has 0 aromatic heterocycles. The normalized spacial score (nSPS) is 13.8. The molecule has 0 aliphatic heterocycles. The number of rotatable bonds is 12. The van der Waals surface area contributed by atoms with Crippen LogP contribution in [0.2, 0.25) is 0 Å². The molecule has 0 aromatic carbocycles. The van der Waals surface area contributed by atoms with Gasteiger partial charge in [0.1, 0.15) is 17.3 Å². The summed E-state index contributed by atoms with van der Waals surface area (Å²) >= 11 is 0. The van der Waals surface area contributed by atoms with Crippen molar-refractivity contribution in [3.05, 3.63) is 0 Å². The predicted molar refractivity (Wildman–Crippen MR) is 79.7 cm³/mol. The minimum atomic E-state index is -0.281. The van der Waals surface area contributed by atoms with E-state index in [1.165, 1.54) is 6.92 Å². The molecular formula is C15H28N2O3. The highest BCUT2D eigenvalue weighted by molar-refractivity contribution is 5.86. The van der Waals surface area contributed by atoms with Gasteiger partial charge in [0.15, 0.2) is 0 Å². The standard InChI is InChI=1S/C15H28N2O3/c1-5-13(7-6-11(2)18)15(20)10-17-14(12(3)19)8-9-16-4/h13-14,16-17H,5-10H2,1-4H3/t13-,14-/m0/s1. The van der Waals surface area contributed by atoms with Gasteiger partial charge in [-0.2, -0.15) is 0 Å². The molecular weight excluding hydrogens is 256 g/mol. The third-order valence-corrected chi connectivity index (χ3v) is 3.49. The van der Waals surface area contributed by atoms with Gasteiger partial charge < -0.3 is 15.4 Å². The first-order valence-corrected chi connectivity index (χ1v) is 7.32. The molecule has 2 atom stereocenters. The Morgan fingerprint density at radius 1 is 1.10 bits per heavy atom. The van der Waals surface area contributed by atoms with Crippen molar-refractivity contribution in [3.8, 4) is 0 Å². The number of hydrogen-bond donors (Lipinski definition) is 2. The van der Waals surface area contributed by atoms with E-state index in [2.05, 4.69) is 10.6 Å². The molecule has 116 valence electrons. The Bertz CT molecular complexity index is 329. The van der Waals surface area contributed by atoms with E-state index in [-0.39, 0.29) is 35.9 Å². The van der Waals surface area contributed by atoms with Gasteiger partial charge in [-0.3, -0.25) is 9.59 Å². The average Bonchev–Trinajstić information content (AvgIpc) is 2.38. The first-order valence-electron chi connectivity index (χ1n) is 7.32. The number of Topliss-reactive ketones (excluding diaryl/α,β-unsaturated/α-hetero) is 3. The van der Waals surface area contributed by atoms with Gasteiger partial charge in [0.25, 0.3) is 0 Å². The van der Waals surface area contributed by atoms with E-state index in [1.54, 1.807) is 6.92 Å². The Hall–Kier alpha value is -1.07. The van der Waals surface area contributed by atoms with Crippen LogP contribution in [0.15, 0.2) is 0 Å². The van der Waals surface area contributed by atoms with E-state index in [4.69, 9.17) is 0 Å². The molecule has 5 nitrogen and oxygen atoms in total. The summed E-state index contributed by atoms with van der Waals surface area (Å²) in [5, 5.41) is 6.02. The summed E-state index contributed by atoms with van der Waals surface area (Å²) in [6.07, 6.45) is 2.45. The topological polar surface area (TPSA) is 75.3 Å². The van der Waals surface area contributed by atoms with Crippen LogP contribution < -0.4 is 10.6 Å². The zero-order valence-electron chi connectivity index (χ0n) is 13.1. The molecule has 0 bridgehead atoms. The second-order valence-corrected chi connectivity index (χ2v) is 5.25. The van der Waals surface area contributed by atoms with Crippen LogP contribution in [0, 0.1) is 5.92 Å². The molecule has 0 heterocycles. The lowest BCUT2D eigenvalue weighted by Crippen LogP contribution is -2.41. The van der Waals surface area contributed by atoms with Crippen LogP contribution in [0.1, 0.15) is 46.5 Å². The van der Waals surface area contributed by atoms with E-state index in [9.17, 15) is 14.4 Å². The number of nitrogens with one attached hydrogen (secondary N) is 2. The molecule has 0 radical (unpaired) electrons. The molecule has 2 N–H and O–H groups in total. The summed E-state index contributed by atoms with van der Waals surface area (Å²) in [6.45, 7) is 5.95. The SMILES string of the molecule is CC[C@@H](CCC(C)=O)C(=O)CN[C@@H](CCNC)C(C)=O. The van der Waals surface area contributed by atoms with Crippen LogP contribution in [0.4, 0.5) is 0 Å². The van der Waals surface area contributed by atoms with Crippen molar-refractivity contribution < 1.29 is 14.4 Å². The fourth-order valence-electron chi connectivity index (χ4n) is 2.08. The zero-order chi connectivity index (χ0) is 15.5. The largest absolute Gasteiger partial charge is 0.320 e. The summed E-state index contributed by atoms with van der Waals surface area (Å²) in [4.78, 5) is 34.5. The summed E-state index contributed by atoms with van der Waals surface area (Å²) in [5.41, 5.74) is 0. The van der Waals surface area contributed by atoms with Crippen LogP contribution in [-0.2, 0) is 14.4 Å². The Balaban J connectivity index is 4.26. The van der Waals surface area contributed by atoms with Gasteiger partial charge in [-0.1, -0.05) is 6.92 Å². The Morgan fingerprint density at radius 3 is 2.20 bits per heavy atom. The highest BCUT2D eigenvalue weighted by Gasteiger charge is 2.19. The quantitative estimate of drug-likeness (QED) is 0.561. The fourth-order valence-corrected chi connectivity index (χ4v) is 2.08. The second-order valence-electron chi connectivity index (χ2n) is 5.25. The number of ketones is 3. The molecule has 0 unspecified atom stereocenters. The second kappa shape index (κ2) is 10.7. The van der Waals surface area contributed by atoms with Gasteiger partial charge in [0.05, 0.1) is 12.6 Å². The van der Waals surface area contributed by atoms with E-state index < -0.39 is 0 Å². The zero-order valence-corrected chi connectivity index (χ0v) is 13.1.